The smallest absolute Gasteiger partial charge is 0.0572 e. The topological polar surface area (TPSA) is 42.1 Å². The normalized spacial score (nSPS) is 19.9. The lowest BCUT2D eigenvalue weighted by Crippen LogP contribution is -2.39. The van der Waals surface area contributed by atoms with E-state index in [1.165, 1.54) is 31.4 Å². The van der Waals surface area contributed by atoms with Gasteiger partial charge in [0.1, 0.15) is 0 Å². The Kier molecular flexibility index (Phi) is 5.03. The molecule has 3 heteroatoms. The standard InChI is InChI=1S/C17H29N3/c1-4-15(18)16-8-7-14(13-19-16)20-11-9-17(5-2,6-3)10-12-20/h7-8,13,15H,4-6,9-12,18H2,1-3H3/t15-/m1/s1. The van der Waals surface area contributed by atoms with Crippen LogP contribution < -0.4 is 10.6 Å². The van der Waals surface area contributed by atoms with Gasteiger partial charge < -0.3 is 10.6 Å². The van der Waals surface area contributed by atoms with E-state index in [4.69, 9.17) is 5.73 Å². The first-order valence-electron chi connectivity index (χ1n) is 8.10. The van der Waals surface area contributed by atoms with E-state index in [2.05, 4.69) is 42.8 Å². The summed E-state index contributed by atoms with van der Waals surface area (Å²) < 4.78 is 0. The van der Waals surface area contributed by atoms with Crippen LogP contribution in [0.1, 0.15) is 64.6 Å². The number of piperidine rings is 1. The minimum atomic E-state index is 0.0678. The number of rotatable bonds is 5. The summed E-state index contributed by atoms with van der Waals surface area (Å²) in [4.78, 5) is 7.00. The van der Waals surface area contributed by atoms with Crippen molar-refractivity contribution >= 4 is 5.69 Å². The van der Waals surface area contributed by atoms with Gasteiger partial charge in [-0.2, -0.15) is 0 Å². The van der Waals surface area contributed by atoms with Crippen molar-refractivity contribution in [1.82, 2.24) is 4.98 Å². The monoisotopic (exact) mass is 275 g/mol. The maximum Gasteiger partial charge on any atom is 0.0572 e. The first kappa shape index (κ1) is 15.3. The Bertz CT molecular complexity index is 399. The van der Waals surface area contributed by atoms with E-state index < -0.39 is 0 Å². The number of anilines is 1. The van der Waals surface area contributed by atoms with Crippen molar-refractivity contribution in [3.05, 3.63) is 24.0 Å². The van der Waals surface area contributed by atoms with Crippen LogP contribution in [-0.4, -0.2) is 18.1 Å². The zero-order valence-corrected chi connectivity index (χ0v) is 13.2. The van der Waals surface area contributed by atoms with Crippen LogP contribution in [-0.2, 0) is 0 Å². The Labute approximate surface area is 123 Å². The minimum Gasteiger partial charge on any atom is -0.370 e. The Balaban J connectivity index is 2.00. The predicted molar refractivity (Wildman–Crippen MR) is 85.9 cm³/mol. The van der Waals surface area contributed by atoms with E-state index in [1.54, 1.807) is 0 Å². The highest BCUT2D eigenvalue weighted by atomic mass is 15.1. The first-order chi connectivity index (χ1) is 9.64. The van der Waals surface area contributed by atoms with Crippen LogP contribution in [0, 0.1) is 5.41 Å². The van der Waals surface area contributed by atoms with Crippen molar-refractivity contribution < 1.29 is 0 Å². The highest BCUT2D eigenvalue weighted by Crippen LogP contribution is 2.39. The fourth-order valence-electron chi connectivity index (χ4n) is 3.21. The second kappa shape index (κ2) is 6.57. The molecule has 0 saturated carbocycles. The van der Waals surface area contributed by atoms with E-state index in [9.17, 15) is 0 Å². The molecule has 1 aromatic rings. The highest BCUT2D eigenvalue weighted by molar-refractivity contribution is 5.45. The van der Waals surface area contributed by atoms with Crippen LogP contribution in [0.15, 0.2) is 18.3 Å². The molecule has 2 heterocycles. The third-order valence-electron chi connectivity index (χ3n) is 5.28. The second-order valence-corrected chi connectivity index (χ2v) is 6.15. The summed E-state index contributed by atoms with van der Waals surface area (Å²) in [7, 11) is 0. The van der Waals surface area contributed by atoms with Gasteiger partial charge in [0.05, 0.1) is 17.6 Å². The van der Waals surface area contributed by atoms with Crippen molar-refractivity contribution in [2.45, 2.75) is 58.9 Å². The summed E-state index contributed by atoms with van der Waals surface area (Å²) in [6.07, 6.45) is 8.15. The lowest BCUT2D eigenvalue weighted by Gasteiger charge is -2.42. The third kappa shape index (κ3) is 3.14. The molecule has 1 aliphatic rings. The number of pyridine rings is 1. The molecule has 1 aliphatic heterocycles. The van der Waals surface area contributed by atoms with Crippen molar-refractivity contribution in [2.24, 2.45) is 11.1 Å². The molecule has 3 nitrogen and oxygen atoms in total. The molecule has 0 spiro atoms. The molecule has 0 bridgehead atoms. The van der Waals surface area contributed by atoms with Crippen LogP contribution in [0.3, 0.4) is 0 Å². The van der Waals surface area contributed by atoms with Gasteiger partial charge in [0.25, 0.3) is 0 Å². The van der Waals surface area contributed by atoms with E-state index in [0.29, 0.717) is 5.41 Å². The van der Waals surface area contributed by atoms with Crippen molar-refractivity contribution in [1.29, 1.82) is 0 Å². The van der Waals surface area contributed by atoms with Gasteiger partial charge in [-0.3, -0.25) is 4.98 Å². The molecule has 0 aliphatic carbocycles. The lowest BCUT2D eigenvalue weighted by atomic mass is 9.74. The summed E-state index contributed by atoms with van der Waals surface area (Å²) >= 11 is 0. The minimum absolute atomic E-state index is 0.0678. The third-order valence-corrected chi connectivity index (χ3v) is 5.28. The molecule has 2 N–H and O–H groups in total. The van der Waals surface area contributed by atoms with E-state index >= 15 is 0 Å². The maximum absolute atomic E-state index is 6.02. The average Bonchev–Trinajstić information content (AvgIpc) is 2.54. The predicted octanol–water partition coefficient (Wildman–Crippen LogP) is 3.90. The Morgan fingerprint density at radius 3 is 2.30 bits per heavy atom. The van der Waals surface area contributed by atoms with Crippen molar-refractivity contribution in [2.75, 3.05) is 18.0 Å². The SMILES string of the molecule is CC[C@@H](N)c1ccc(N2CCC(CC)(CC)CC2)cn1. The van der Waals surface area contributed by atoms with Gasteiger partial charge >= 0.3 is 0 Å². The maximum atomic E-state index is 6.02. The molecule has 0 amide bonds. The molecular weight excluding hydrogens is 246 g/mol. The Morgan fingerprint density at radius 2 is 1.85 bits per heavy atom. The van der Waals surface area contributed by atoms with Gasteiger partial charge in [0, 0.05) is 19.1 Å². The summed E-state index contributed by atoms with van der Waals surface area (Å²) in [6.45, 7) is 9.08. The molecule has 1 aromatic heterocycles. The van der Waals surface area contributed by atoms with Crippen LogP contribution in [0.5, 0.6) is 0 Å². The Hall–Kier alpha value is -1.09. The van der Waals surface area contributed by atoms with Crippen LogP contribution >= 0.6 is 0 Å². The summed E-state index contributed by atoms with van der Waals surface area (Å²) in [5, 5.41) is 0. The van der Waals surface area contributed by atoms with E-state index in [0.717, 1.165) is 25.2 Å². The van der Waals surface area contributed by atoms with Gasteiger partial charge in [-0.15, -0.1) is 0 Å². The fraction of sp³-hybridized carbons (Fsp3) is 0.706. The Morgan fingerprint density at radius 1 is 1.20 bits per heavy atom. The molecule has 1 atom stereocenters. The first-order valence-corrected chi connectivity index (χ1v) is 8.10. The molecule has 20 heavy (non-hydrogen) atoms. The molecule has 1 fully saturated rings. The highest BCUT2D eigenvalue weighted by Gasteiger charge is 2.31. The molecule has 0 radical (unpaired) electrons. The molecule has 0 unspecified atom stereocenters. The number of nitrogens with zero attached hydrogens (tertiary/aromatic N) is 2. The van der Waals surface area contributed by atoms with Crippen LogP contribution in [0.4, 0.5) is 5.69 Å². The number of nitrogens with two attached hydrogens (primary N) is 1. The number of hydrogen-bond acceptors (Lipinski definition) is 3. The summed E-state index contributed by atoms with van der Waals surface area (Å²) in [5.41, 5.74) is 8.85. The largest absolute Gasteiger partial charge is 0.370 e. The van der Waals surface area contributed by atoms with Crippen molar-refractivity contribution in [3.8, 4) is 0 Å². The molecule has 0 aromatic carbocycles. The van der Waals surface area contributed by atoms with Gasteiger partial charge in [0.2, 0.25) is 0 Å². The van der Waals surface area contributed by atoms with Crippen LogP contribution in [0.2, 0.25) is 0 Å². The van der Waals surface area contributed by atoms with E-state index in [-0.39, 0.29) is 6.04 Å². The zero-order chi connectivity index (χ0) is 14.6. The van der Waals surface area contributed by atoms with Gasteiger partial charge in [-0.1, -0.05) is 33.6 Å². The molecule has 112 valence electrons. The zero-order valence-electron chi connectivity index (χ0n) is 13.2. The van der Waals surface area contributed by atoms with Crippen molar-refractivity contribution in [3.63, 3.8) is 0 Å². The molecule has 1 saturated heterocycles. The quantitative estimate of drug-likeness (QED) is 0.886. The molecular formula is C17H29N3. The summed E-state index contributed by atoms with van der Waals surface area (Å²) in [5.74, 6) is 0. The van der Waals surface area contributed by atoms with Gasteiger partial charge in [-0.25, -0.2) is 0 Å². The van der Waals surface area contributed by atoms with Crippen LogP contribution in [0.25, 0.3) is 0 Å². The average molecular weight is 275 g/mol. The second-order valence-electron chi connectivity index (χ2n) is 6.15. The lowest BCUT2D eigenvalue weighted by molar-refractivity contribution is 0.199. The van der Waals surface area contributed by atoms with Gasteiger partial charge in [-0.05, 0) is 36.8 Å². The van der Waals surface area contributed by atoms with Gasteiger partial charge in [0.15, 0.2) is 0 Å². The number of aromatic nitrogens is 1. The van der Waals surface area contributed by atoms with E-state index in [1.807, 2.05) is 6.20 Å². The fourth-order valence-corrected chi connectivity index (χ4v) is 3.21. The number of hydrogen-bond donors (Lipinski definition) is 1. The summed E-state index contributed by atoms with van der Waals surface area (Å²) in [6, 6.07) is 4.34. The molecule has 2 rings (SSSR count).